The molecule has 0 aliphatic heterocycles. The van der Waals surface area contributed by atoms with Gasteiger partial charge in [0.05, 0.1) is 23.2 Å². The predicted octanol–water partition coefficient (Wildman–Crippen LogP) is 2.37. The first kappa shape index (κ1) is 17.0. The Morgan fingerprint density at radius 2 is 2.00 bits per heavy atom. The van der Waals surface area contributed by atoms with Crippen LogP contribution in [0, 0.1) is 21.7 Å². The summed E-state index contributed by atoms with van der Waals surface area (Å²) in [6.45, 7) is 3.87. The lowest BCUT2D eigenvalue weighted by Gasteiger charge is -2.26. The van der Waals surface area contributed by atoms with E-state index >= 15 is 0 Å². The van der Waals surface area contributed by atoms with Gasteiger partial charge in [-0.05, 0) is 19.9 Å². The zero-order chi connectivity index (χ0) is 16.2. The van der Waals surface area contributed by atoms with Crippen molar-refractivity contribution in [3.63, 3.8) is 0 Å². The number of nitrogens with zero attached hydrogens (tertiary/aromatic N) is 2. The van der Waals surface area contributed by atoms with E-state index < -0.39 is 33.7 Å². The highest BCUT2D eigenvalue weighted by atomic mass is 19.1. The maximum Gasteiger partial charge on any atom is 0.307 e. The van der Waals surface area contributed by atoms with Crippen LogP contribution in [0.15, 0.2) is 12.1 Å². The highest BCUT2D eigenvalue weighted by Crippen LogP contribution is 2.23. The molecular formula is C13H16F2N2O4. The number of amides is 1. The minimum Gasteiger partial charge on any atom is -0.383 e. The van der Waals surface area contributed by atoms with E-state index in [0.29, 0.717) is 12.1 Å². The Balaban J connectivity index is 3.16. The number of carbonyl (C=O) groups excluding carboxylic acids is 1. The average molecular weight is 302 g/mol. The highest BCUT2D eigenvalue weighted by Gasteiger charge is 2.26. The SMILES string of the molecule is COCCN(C(=O)c1cc(F)c([N+](=O)[O-])cc1F)C(C)C. The zero-order valence-electron chi connectivity index (χ0n) is 11.9. The number of hydrogen-bond acceptors (Lipinski definition) is 4. The summed E-state index contributed by atoms with van der Waals surface area (Å²) in [5, 5.41) is 10.5. The second-order valence-corrected chi connectivity index (χ2v) is 4.63. The van der Waals surface area contributed by atoms with Crippen molar-refractivity contribution in [1.29, 1.82) is 0 Å². The Hall–Kier alpha value is -2.09. The fourth-order valence-electron chi connectivity index (χ4n) is 1.78. The van der Waals surface area contributed by atoms with E-state index in [-0.39, 0.29) is 19.2 Å². The molecule has 1 rings (SSSR count). The first-order valence-corrected chi connectivity index (χ1v) is 6.23. The Kier molecular flexibility index (Phi) is 5.71. The molecule has 1 aromatic carbocycles. The second-order valence-electron chi connectivity index (χ2n) is 4.63. The summed E-state index contributed by atoms with van der Waals surface area (Å²) in [6.07, 6.45) is 0. The van der Waals surface area contributed by atoms with Gasteiger partial charge in [-0.1, -0.05) is 0 Å². The van der Waals surface area contributed by atoms with Crippen molar-refractivity contribution in [3.05, 3.63) is 39.4 Å². The van der Waals surface area contributed by atoms with Gasteiger partial charge in [-0.15, -0.1) is 0 Å². The van der Waals surface area contributed by atoms with Crippen LogP contribution >= 0.6 is 0 Å². The Morgan fingerprint density at radius 3 is 2.48 bits per heavy atom. The molecule has 21 heavy (non-hydrogen) atoms. The number of nitro benzene ring substituents is 1. The third-order valence-electron chi connectivity index (χ3n) is 2.88. The summed E-state index contributed by atoms with van der Waals surface area (Å²) in [6, 6.07) is 0.709. The molecule has 1 aromatic rings. The summed E-state index contributed by atoms with van der Waals surface area (Å²) in [5.41, 5.74) is -1.54. The van der Waals surface area contributed by atoms with Gasteiger partial charge >= 0.3 is 5.69 Å². The zero-order valence-corrected chi connectivity index (χ0v) is 11.9. The minimum absolute atomic E-state index is 0.199. The molecule has 0 heterocycles. The van der Waals surface area contributed by atoms with Gasteiger partial charge in [-0.2, -0.15) is 4.39 Å². The predicted molar refractivity (Wildman–Crippen MR) is 71.1 cm³/mol. The van der Waals surface area contributed by atoms with E-state index in [1.807, 2.05) is 0 Å². The van der Waals surface area contributed by atoms with Crippen molar-refractivity contribution >= 4 is 11.6 Å². The van der Waals surface area contributed by atoms with Gasteiger partial charge in [0.1, 0.15) is 5.82 Å². The molecule has 0 aliphatic carbocycles. The summed E-state index contributed by atoms with van der Waals surface area (Å²) in [4.78, 5) is 23.0. The van der Waals surface area contributed by atoms with Crippen LogP contribution in [0.5, 0.6) is 0 Å². The van der Waals surface area contributed by atoms with Crippen LogP contribution in [0.3, 0.4) is 0 Å². The molecule has 0 atom stereocenters. The first-order valence-electron chi connectivity index (χ1n) is 6.23. The smallest absolute Gasteiger partial charge is 0.307 e. The van der Waals surface area contributed by atoms with Crippen molar-refractivity contribution in [1.82, 2.24) is 4.90 Å². The van der Waals surface area contributed by atoms with Crippen molar-refractivity contribution < 1.29 is 23.2 Å². The van der Waals surface area contributed by atoms with Crippen LogP contribution in [0.2, 0.25) is 0 Å². The fourth-order valence-corrected chi connectivity index (χ4v) is 1.78. The molecule has 0 fully saturated rings. The lowest BCUT2D eigenvalue weighted by molar-refractivity contribution is -0.387. The van der Waals surface area contributed by atoms with E-state index in [0.717, 1.165) is 0 Å². The Labute approximate surface area is 120 Å². The molecular weight excluding hydrogens is 286 g/mol. The van der Waals surface area contributed by atoms with Gasteiger partial charge < -0.3 is 9.64 Å². The van der Waals surface area contributed by atoms with Gasteiger partial charge in [0, 0.05) is 19.7 Å². The van der Waals surface area contributed by atoms with Gasteiger partial charge in [0.25, 0.3) is 5.91 Å². The minimum atomic E-state index is -1.25. The van der Waals surface area contributed by atoms with Crippen molar-refractivity contribution in [3.8, 4) is 0 Å². The molecule has 0 N–H and O–H groups in total. The normalized spacial score (nSPS) is 10.8. The van der Waals surface area contributed by atoms with Crippen LogP contribution in [0.4, 0.5) is 14.5 Å². The van der Waals surface area contributed by atoms with Crippen molar-refractivity contribution in [2.45, 2.75) is 19.9 Å². The van der Waals surface area contributed by atoms with Crippen molar-refractivity contribution in [2.24, 2.45) is 0 Å². The molecule has 1 amide bonds. The Morgan fingerprint density at radius 1 is 1.38 bits per heavy atom. The van der Waals surface area contributed by atoms with Crippen LogP contribution in [0.25, 0.3) is 0 Å². The van der Waals surface area contributed by atoms with Gasteiger partial charge in [0.2, 0.25) is 5.82 Å². The van der Waals surface area contributed by atoms with E-state index in [1.54, 1.807) is 13.8 Å². The number of halogens is 2. The van der Waals surface area contributed by atoms with Crippen LogP contribution in [-0.2, 0) is 4.74 Å². The molecule has 0 saturated carbocycles. The van der Waals surface area contributed by atoms with E-state index in [9.17, 15) is 23.7 Å². The average Bonchev–Trinajstić information content (AvgIpc) is 2.40. The van der Waals surface area contributed by atoms with Gasteiger partial charge in [-0.25, -0.2) is 4.39 Å². The number of carbonyl (C=O) groups is 1. The van der Waals surface area contributed by atoms with Gasteiger partial charge in [-0.3, -0.25) is 14.9 Å². The molecule has 0 bridgehead atoms. The molecule has 0 spiro atoms. The van der Waals surface area contributed by atoms with Crippen LogP contribution in [-0.4, -0.2) is 42.0 Å². The maximum absolute atomic E-state index is 13.8. The second kappa shape index (κ2) is 7.07. The largest absolute Gasteiger partial charge is 0.383 e. The maximum atomic E-state index is 13.8. The number of methoxy groups -OCH3 is 1. The molecule has 8 heteroatoms. The molecule has 116 valence electrons. The molecule has 0 unspecified atom stereocenters. The molecule has 0 radical (unpaired) electrons. The standard InChI is InChI=1S/C13H16F2N2O4/c1-8(2)16(4-5-21-3)13(18)9-6-11(15)12(17(19)20)7-10(9)14/h6-8H,4-5H2,1-3H3. The third-order valence-corrected chi connectivity index (χ3v) is 2.88. The quantitative estimate of drug-likeness (QED) is 0.597. The number of rotatable bonds is 6. The molecule has 0 aliphatic rings. The van der Waals surface area contributed by atoms with Crippen LogP contribution in [0.1, 0.15) is 24.2 Å². The first-order chi connectivity index (χ1) is 9.79. The highest BCUT2D eigenvalue weighted by molar-refractivity contribution is 5.95. The summed E-state index contributed by atoms with van der Waals surface area (Å²) in [7, 11) is 1.45. The monoisotopic (exact) mass is 302 g/mol. The number of ether oxygens (including phenoxy) is 1. The lowest BCUT2D eigenvalue weighted by Crippen LogP contribution is -2.39. The third kappa shape index (κ3) is 3.94. The Bertz CT molecular complexity index is 549. The number of nitro groups is 1. The molecule has 0 saturated heterocycles. The van der Waals surface area contributed by atoms with Crippen LogP contribution < -0.4 is 0 Å². The fraction of sp³-hybridized carbons (Fsp3) is 0.462. The van der Waals surface area contributed by atoms with Crippen molar-refractivity contribution in [2.75, 3.05) is 20.3 Å². The summed E-state index contributed by atoms with van der Waals surface area (Å²) >= 11 is 0. The number of hydrogen-bond donors (Lipinski definition) is 0. The van der Waals surface area contributed by atoms with E-state index in [4.69, 9.17) is 4.74 Å². The lowest BCUT2D eigenvalue weighted by atomic mass is 10.1. The van der Waals surface area contributed by atoms with E-state index in [1.165, 1.54) is 12.0 Å². The van der Waals surface area contributed by atoms with Gasteiger partial charge in [0.15, 0.2) is 0 Å². The summed E-state index contributed by atoms with van der Waals surface area (Å²) in [5.74, 6) is -3.12. The number of benzene rings is 1. The topological polar surface area (TPSA) is 72.7 Å². The molecule has 6 nitrogen and oxygen atoms in total. The summed E-state index contributed by atoms with van der Waals surface area (Å²) < 4.78 is 32.3. The molecule has 0 aromatic heterocycles. The van der Waals surface area contributed by atoms with E-state index in [2.05, 4.69) is 0 Å².